The smallest absolute Gasteiger partial charge is 0.209 e. The molecule has 3 rings (SSSR count). The number of benzene rings is 1. The average Bonchev–Trinajstić information content (AvgIpc) is 2.86. The summed E-state index contributed by atoms with van der Waals surface area (Å²) in [5.74, 6) is 0.0708. The predicted molar refractivity (Wildman–Crippen MR) is 76.6 cm³/mol. The highest BCUT2D eigenvalue weighted by atomic mass is 16.1. The minimum atomic E-state index is 0.0708. The van der Waals surface area contributed by atoms with Gasteiger partial charge in [0, 0.05) is 17.3 Å². The number of aromatic nitrogens is 1. The van der Waals surface area contributed by atoms with E-state index >= 15 is 0 Å². The highest BCUT2D eigenvalue weighted by molar-refractivity contribution is 6.08. The first-order valence-corrected chi connectivity index (χ1v) is 6.50. The Morgan fingerprint density at radius 3 is 2.53 bits per heavy atom. The zero-order chi connectivity index (χ0) is 13.2. The van der Waals surface area contributed by atoms with Crippen molar-refractivity contribution in [3.05, 3.63) is 77.6 Å². The van der Waals surface area contributed by atoms with Crippen molar-refractivity contribution < 1.29 is 4.79 Å². The number of carbonyl (C=O) groups is 1. The van der Waals surface area contributed by atoms with Crippen LogP contribution < -0.4 is 0 Å². The number of ketones is 1. The van der Waals surface area contributed by atoms with Crippen molar-refractivity contribution >= 4 is 11.3 Å². The molecule has 0 aliphatic carbocycles. The van der Waals surface area contributed by atoms with Crippen LogP contribution in [0, 0.1) is 0 Å². The molecule has 0 aliphatic heterocycles. The molecule has 0 bridgehead atoms. The molecule has 0 N–H and O–H groups in total. The molecular formula is C17H15NO. The summed E-state index contributed by atoms with van der Waals surface area (Å²) in [5, 5.41) is 0. The minimum Gasteiger partial charge on any atom is -0.313 e. The zero-order valence-corrected chi connectivity index (χ0v) is 10.8. The summed E-state index contributed by atoms with van der Waals surface area (Å²) in [7, 11) is 0. The molecule has 0 fully saturated rings. The van der Waals surface area contributed by atoms with Gasteiger partial charge in [0.2, 0.25) is 5.78 Å². The van der Waals surface area contributed by atoms with Gasteiger partial charge in [0.25, 0.3) is 0 Å². The van der Waals surface area contributed by atoms with E-state index in [9.17, 15) is 4.79 Å². The molecule has 2 heteroatoms. The third-order valence-corrected chi connectivity index (χ3v) is 3.41. The maximum absolute atomic E-state index is 12.6. The normalized spacial score (nSPS) is 10.8. The van der Waals surface area contributed by atoms with E-state index in [4.69, 9.17) is 0 Å². The first kappa shape index (κ1) is 11.7. The second kappa shape index (κ2) is 4.73. The van der Waals surface area contributed by atoms with Crippen molar-refractivity contribution in [2.45, 2.75) is 13.3 Å². The standard InChI is InChI=1S/C17H15NO/c1-2-13-12-16(18-11-7-6-10-15(13)18)17(19)14-8-4-3-5-9-14/h3-12H,2H2,1H3. The molecule has 0 aliphatic rings. The number of nitrogens with zero attached hydrogens (tertiary/aromatic N) is 1. The summed E-state index contributed by atoms with van der Waals surface area (Å²) in [6.07, 6.45) is 2.88. The van der Waals surface area contributed by atoms with E-state index in [1.165, 1.54) is 5.56 Å². The third kappa shape index (κ3) is 1.95. The summed E-state index contributed by atoms with van der Waals surface area (Å²) in [5.41, 5.74) is 3.79. The second-order valence-corrected chi connectivity index (χ2v) is 4.56. The van der Waals surface area contributed by atoms with E-state index in [1.54, 1.807) is 0 Å². The summed E-state index contributed by atoms with van der Waals surface area (Å²) in [6.45, 7) is 2.11. The van der Waals surface area contributed by atoms with Crippen molar-refractivity contribution in [3.63, 3.8) is 0 Å². The molecule has 0 saturated carbocycles. The van der Waals surface area contributed by atoms with E-state index < -0.39 is 0 Å². The quantitative estimate of drug-likeness (QED) is 0.648. The van der Waals surface area contributed by atoms with Gasteiger partial charge in [-0.05, 0) is 30.2 Å². The van der Waals surface area contributed by atoms with Gasteiger partial charge in [-0.3, -0.25) is 4.79 Å². The van der Waals surface area contributed by atoms with Crippen LogP contribution in [-0.2, 0) is 6.42 Å². The van der Waals surface area contributed by atoms with Gasteiger partial charge < -0.3 is 4.40 Å². The molecule has 0 atom stereocenters. The maximum Gasteiger partial charge on any atom is 0.209 e. The molecule has 0 spiro atoms. The summed E-state index contributed by atoms with van der Waals surface area (Å²) in [6, 6.07) is 17.4. The maximum atomic E-state index is 12.6. The Labute approximate surface area is 112 Å². The fraction of sp³-hybridized carbons (Fsp3) is 0.118. The van der Waals surface area contributed by atoms with Gasteiger partial charge in [-0.15, -0.1) is 0 Å². The zero-order valence-electron chi connectivity index (χ0n) is 10.8. The van der Waals surface area contributed by atoms with Crippen molar-refractivity contribution in [2.75, 3.05) is 0 Å². The molecule has 19 heavy (non-hydrogen) atoms. The average molecular weight is 249 g/mol. The number of hydrogen-bond donors (Lipinski definition) is 0. The first-order chi connectivity index (χ1) is 9.31. The van der Waals surface area contributed by atoms with Gasteiger partial charge in [0.1, 0.15) is 0 Å². The third-order valence-electron chi connectivity index (χ3n) is 3.41. The van der Waals surface area contributed by atoms with E-state index in [0.717, 1.165) is 23.2 Å². The lowest BCUT2D eigenvalue weighted by molar-refractivity contribution is 0.103. The molecule has 1 aromatic carbocycles. The van der Waals surface area contributed by atoms with Crippen LogP contribution in [0.3, 0.4) is 0 Å². The van der Waals surface area contributed by atoms with Crippen LogP contribution in [0.1, 0.15) is 28.5 Å². The van der Waals surface area contributed by atoms with Gasteiger partial charge in [0.05, 0.1) is 5.69 Å². The second-order valence-electron chi connectivity index (χ2n) is 4.56. The van der Waals surface area contributed by atoms with E-state index in [-0.39, 0.29) is 5.78 Å². The Balaban J connectivity index is 2.18. The van der Waals surface area contributed by atoms with Gasteiger partial charge in [-0.25, -0.2) is 0 Å². The molecule has 0 radical (unpaired) electrons. The van der Waals surface area contributed by atoms with Crippen molar-refractivity contribution in [3.8, 4) is 0 Å². The number of hydrogen-bond acceptors (Lipinski definition) is 1. The summed E-state index contributed by atoms with van der Waals surface area (Å²) < 4.78 is 1.98. The van der Waals surface area contributed by atoms with E-state index in [1.807, 2.05) is 59.1 Å². The lowest BCUT2D eigenvalue weighted by atomic mass is 10.1. The SMILES string of the molecule is CCc1cc(C(=O)c2ccccc2)n2ccccc12. The Hall–Kier alpha value is -2.35. The van der Waals surface area contributed by atoms with Gasteiger partial charge in [-0.2, -0.15) is 0 Å². The van der Waals surface area contributed by atoms with E-state index in [2.05, 4.69) is 13.0 Å². The number of pyridine rings is 1. The summed E-state index contributed by atoms with van der Waals surface area (Å²) in [4.78, 5) is 12.6. The van der Waals surface area contributed by atoms with Crippen LogP contribution in [0.5, 0.6) is 0 Å². The highest BCUT2D eigenvalue weighted by Gasteiger charge is 2.15. The highest BCUT2D eigenvalue weighted by Crippen LogP contribution is 2.20. The van der Waals surface area contributed by atoms with Gasteiger partial charge in [-0.1, -0.05) is 43.3 Å². The Bertz CT molecular complexity index is 725. The first-order valence-electron chi connectivity index (χ1n) is 6.50. The number of rotatable bonds is 3. The summed E-state index contributed by atoms with van der Waals surface area (Å²) >= 11 is 0. The van der Waals surface area contributed by atoms with Crippen LogP contribution in [0.25, 0.3) is 5.52 Å². The molecule has 2 aromatic heterocycles. The molecule has 3 aromatic rings. The molecule has 0 saturated heterocycles. The molecule has 0 amide bonds. The van der Waals surface area contributed by atoms with Crippen LogP contribution in [0.4, 0.5) is 0 Å². The van der Waals surface area contributed by atoms with Crippen molar-refractivity contribution in [1.29, 1.82) is 0 Å². The molecule has 0 unspecified atom stereocenters. The van der Waals surface area contributed by atoms with E-state index in [0.29, 0.717) is 0 Å². The van der Waals surface area contributed by atoms with Gasteiger partial charge >= 0.3 is 0 Å². The number of aryl methyl sites for hydroxylation is 1. The number of carbonyl (C=O) groups excluding carboxylic acids is 1. The van der Waals surface area contributed by atoms with Crippen LogP contribution in [0.2, 0.25) is 0 Å². The Kier molecular flexibility index (Phi) is 2.92. The molecule has 2 heterocycles. The lowest BCUT2D eigenvalue weighted by Gasteiger charge is -2.02. The van der Waals surface area contributed by atoms with Crippen LogP contribution in [0.15, 0.2) is 60.8 Å². The van der Waals surface area contributed by atoms with Gasteiger partial charge in [0.15, 0.2) is 0 Å². The van der Waals surface area contributed by atoms with Crippen molar-refractivity contribution in [1.82, 2.24) is 4.40 Å². The molecular weight excluding hydrogens is 234 g/mol. The largest absolute Gasteiger partial charge is 0.313 e. The van der Waals surface area contributed by atoms with Crippen LogP contribution in [-0.4, -0.2) is 10.2 Å². The Morgan fingerprint density at radius 1 is 1.05 bits per heavy atom. The topological polar surface area (TPSA) is 21.5 Å². The monoisotopic (exact) mass is 249 g/mol. The Morgan fingerprint density at radius 2 is 1.79 bits per heavy atom. The molecule has 2 nitrogen and oxygen atoms in total. The fourth-order valence-electron chi connectivity index (χ4n) is 2.42. The lowest BCUT2D eigenvalue weighted by Crippen LogP contribution is -2.04. The fourth-order valence-corrected chi connectivity index (χ4v) is 2.42. The van der Waals surface area contributed by atoms with Crippen LogP contribution >= 0.6 is 0 Å². The van der Waals surface area contributed by atoms with Crippen molar-refractivity contribution in [2.24, 2.45) is 0 Å². The number of fused-ring (bicyclic) bond motifs is 1. The minimum absolute atomic E-state index is 0.0708. The molecule has 94 valence electrons. The predicted octanol–water partition coefficient (Wildman–Crippen LogP) is 3.73.